The standard InChI is InChI=1S/C22H24N4O3/c1-28-17-10-11-20(29-2)19(15-17)26-22-24-14-12-18(25-22)21(27)23-13-6-9-16-7-4-3-5-8-16/h3-5,7-8,10-12,14-15H,6,9,13H2,1-2H3,(H,23,27)(H,24,25,26). The molecule has 1 heterocycles. The predicted molar refractivity (Wildman–Crippen MR) is 112 cm³/mol. The number of aromatic nitrogens is 2. The number of hydrogen-bond donors (Lipinski definition) is 2. The van der Waals surface area contributed by atoms with Gasteiger partial charge in [-0.2, -0.15) is 0 Å². The summed E-state index contributed by atoms with van der Waals surface area (Å²) in [5, 5.41) is 5.97. The number of carbonyl (C=O) groups excluding carboxylic acids is 1. The van der Waals surface area contributed by atoms with Crippen molar-refractivity contribution < 1.29 is 14.3 Å². The van der Waals surface area contributed by atoms with E-state index in [1.54, 1.807) is 44.7 Å². The van der Waals surface area contributed by atoms with Gasteiger partial charge in [-0.3, -0.25) is 4.79 Å². The first-order valence-corrected chi connectivity index (χ1v) is 9.34. The number of nitrogens with one attached hydrogen (secondary N) is 2. The highest BCUT2D eigenvalue weighted by Gasteiger charge is 2.11. The maximum Gasteiger partial charge on any atom is 0.270 e. The van der Waals surface area contributed by atoms with E-state index in [4.69, 9.17) is 9.47 Å². The summed E-state index contributed by atoms with van der Waals surface area (Å²) in [6, 6.07) is 17.1. The van der Waals surface area contributed by atoms with E-state index >= 15 is 0 Å². The van der Waals surface area contributed by atoms with Crippen molar-refractivity contribution in [2.24, 2.45) is 0 Å². The Hall–Kier alpha value is -3.61. The van der Waals surface area contributed by atoms with Gasteiger partial charge in [0.2, 0.25) is 5.95 Å². The van der Waals surface area contributed by atoms with E-state index in [0.29, 0.717) is 35.4 Å². The van der Waals surface area contributed by atoms with Crippen LogP contribution in [0.1, 0.15) is 22.5 Å². The molecule has 0 radical (unpaired) electrons. The fraction of sp³-hybridized carbons (Fsp3) is 0.227. The lowest BCUT2D eigenvalue weighted by molar-refractivity contribution is 0.0948. The minimum atomic E-state index is -0.235. The molecule has 0 unspecified atom stereocenters. The van der Waals surface area contributed by atoms with Crippen molar-refractivity contribution in [3.63, 3.8) is 0 Å². The van der Waals surface area contributed by atoms with E-state index in [1.807, 2.05) is 18.2 Å². The Labute approximate surface area is 170 Å². The topological polar surface area (TPSA) is 85.4 Å². The van der Waals surface area contributed by atoms with E-state index < -0.39 is 0 Å². The number of methoxy groups -OCH3 is 2. The van der Waals surface area contributed by atoms with E-state index in [9.17, 15) is 4.79 Å². The molecule has 0 aliphatic rings. The molecule has 0 aliphatic heterocycles. The van der Waals surface area contributed by atoms with Gasteiger partial charge in [0.15, 0.2) is 0 Å². The number of hydrogen-bond acceptors (Lipinski definition) is 6. The van der Waals surface area contributed by atoms with E-state index in [1.165, 1.54) is 5.56 Å². The molecule has 0 saturated heterocycles. The molecule has 150 valence electrons. The molecule has 1 aromatic heterocycles. The molecule has 29 heavy (non-hydrogen) atoms. The lowest BCUT2D eigenvalue weighted by Crippen LogP contribution is -2.26. The van der Waals surface area contributed by atoms with Crippen molar-refractivity contribution >= 4 is 17.5 Å². The smallest absolute Gasteiger partial charge is 0.270 e. The van der Waals surface area contributed by atoms with Gasteiger partial charge >= 0.3 is 0 Å². The third-order valence-electron chi connectivity index (χ3n) is 4.31. The van der Waals surface area contributed by atoms with Gasteiger partial charge in [0.05, 0.1) is 19.9 Å². The second-order valence-electron chi connectivity index (χ2n) is 6.30. The highest BCUT2D eigenvalue weighted by molar-refractivity contribution is 5.92. The molecule has 1 amide bonds. The monoisotopic (exact) mass is 392 g/mol. The number of anilines is 2. The number of aryl methyl sites for hydroxylation is 1. The Bertz CT molecular complexity index is 948. The Morgan fingerprint density at radius 2 is 1.86 bits per heavy atom. The molecule has 3 aromatic rings. The number of benzene rings is 2. The van der Waals surface area contributed by atoms with E-state index in [2.05, 4.69) is 32.7 Å². The van der Waals surface area contributed by atoms with Crippen LogP contribution in [0, 0.1) is 0 Å². The maximum absolute atomic E-state index is 12.4. The number of ether oxygens (including phenoxy) is 2. The summed E-state index contributed by atoms with van der Waals surface area (Å²) in [5.41, 5.74) is 2.19. The van der Waals surface area contributed by atoms with Crippen molar-refractivity contribution in [2.45, 2.75) is 12.8 Å². The molecule has 0 spiro atoms. The fourth-order valence-electron chi connectivity index (χ4n) is 2.81. The van der Waals surface area contributed by atoms with E-state index in [0.717, 1.165) is 12.8 Å². The summed E-state index contributed by atoms with van der Waals surface area (Å²) in [6.07, 6.45) is 3.31. The van der Waals surface area contributed by atoms with Gasteiger partial charge in [0.25, 0.3) is 5.91 Å². The lowest BCUT2D eigenvalue weighted by atomic mass is 10.1. The van der Waals surface area contributed by atoms with Crippen LogP contribution in [0.15, 0.2) is 60.8 Å². The molecule has 0 fully saturated rings. The highest BCUT2D eigenvalue weighted by atomic mass is 16.5. The van der Waals surface area contributed by atoms with Crippen molar-refractivity contribution in [1.29, 1.82) is 0 Å². The van der Waals surface area contributed by atoms with Gasteiger partial charge in [0.1, 0.15) is 17.2 Å². The van der Waals surface area contributed by atoms with Crippen LogP contribution >= 0.6 is 0 Å². The molecule has 7 nitrogen and oxygen atoms in total. The zero-order valence-corrected chi connectivity index (χ0v) is 16.5. The van der Waals surface area contributed by atoms with E-state index in [-0.39, 0.29) is 5.91 Å². The summed E-state index contributed by atoms with van der Waals surface area (Å²) >= 11 is 0. The Kier molecular flexibility index (Phi) is 7.00. The number of nitrogens with zero attached hydrogens (tertiary/aromatic N) is 2. The third-order valence-corrected chi connectivity index (χ3v) is 4.31. The fourth-order valence-corrected chi connectivity index (χ4v) is 2.81. The van der Waals surface area contributed by atoms with Gasteiger partial charge < -0.3 is 20.1 Å². The quantitative estimate of drug-likeness (QED) is 0.541. The van der Waals surface area contributed by atoms with Crippen LogP contribution in [0.2, 0.25) is 0 Å². The summed E-state index contributed by atoms with van der Waals surface area (Å²) in [5.74, 6) is 1.35. The molecular formula is C22H24N4O3. The number of rotatable bonds is 9. The Balaban J connectivity index is 1.59. The average Bonchev–Trinajstić information content (AvgIpc) is 2.77. The van der Waals surface area contributed by atoms with Crippen molar-refractivity contribution in [2.75, 3.05) is 26.1 Å². The van der Waals surface area contributed by atoms with Crippen LogP contribution in [0.4, 0.5) is 11.6 Å². The van der Waals surface area contributed by atoms with Gasteiger partial charge in [-0.15, -0.1) is 0 Å². The summed E-state index contributed by atoms with van der Waals surface area (Å²) in [7, 11) is 3.16. The average molecular weight is 392 g/mol. The first kappa shape index (κ1) is 20.1. The lowest BCUT2D eigenvalue weighted by Gasteiger charge is -2.12. The number of carbonyl (C=O) groups is 1. The van der Waals surface area contributed by atoms with Crippen molar-refractivity contribution in [1.82, 2.24) is 15.3 Å². The normalized spacial score (nSPS) is 10.3. The minimum Gasteiger partial charge on any atom is -0.497 e. The molecular weight excluding hydrogens is 368 g/mol. The van der Waals surface area contributed by atoms with Crippen LogP contribution in [0.3, 0.4) is 0 Å². The van der Waals surface area contributed by atoms with Crippen molar-refractivity contribution in [3.8, 4) is 11.5 Å². The van der Waals surface area contributed by atoms with Gasteiger partial charge in [0, 0.05) is 18.8 Å². The summed E-state index contributed by atoms with van der Waals surface area (Å²) < 4.78 is 10.6. The first-order chi connectivity index (χ1) is 14.2. The van der Waals surface area contributed by atoms with Crippen LogP contribution in [0.5, 0.6) is 11.5 Å². The zero-order valence-electron chi connectivity index (χ0n) is 16.5. The Morgan fingerprint density at radius 1 is 1.03 bits per heavy atom. The SMILES string of the molecule is COc1ccc(OC)c(Nc2nccc(C(=O)NCCCc3ccccc3)n2)c1. The second-order valence-corrected chi connectivity index (χ2v) is 6.30. The second kappa shape index (κ2) is 10.1. The minimum absolute atomic E-state index is 0.235. The maximum atomic E-state index is 12.4. The van der Waals surface area contributed by atoms with Gasteiger partial charge in [-0.1, -0.05) is 30.3 Å². The van der Waals surface area contributed by atoms with Gasteiger partial charge in [-0.05, 0) is 36.6 Å². The third kappa shape index (κ3) is 5.68. The highest BCUT2D eigenvalue weighted by Crippen LogP contribution is 2.30. The van der Waals surface area contributed by atoms with Crippen LogP contribution in [-0.4, -0.2) is 36.6 Å². The summed E-state index contributed by atoms with van der Waals surface area (Å²) in [4.78, 5) is 20.9. The van der Waals surface area contributed by atoms with Crippen LogP contribution in [0.25, 0.3) is 0 Å². The van der Waals surface area contributed by atoms with Gasteiger partial charge in [-0.25, -0.2) is 9.97 Å². The Morgan fingerprint density at radius 3 is 2.62 bits per heavy atom. The molecule has 0 atom stereocenters. The molecule has 0 aliphatic carbocycles. The molecule has 0 saturated carbocycles. The van der Waals surface area contributed by atoms with Crippen molar-refractivity contribution in [3.05, 3.63) is 72.1 Å². The largest absolute Gasteiger partial charge is 0.497 e. The zero-order chi connectivity index (χ0) is 20.5. The van der Waals surface area contributed by atoms with Crippen LogP contribution < -0.4 is 20.1 Å². The predicted octanol–water partition coefficient (Wildman–Crippen LogP) is 3.60. The van der Waals surface area contributed by atoms with Crippen LogP contribution in [-0.2, 0) is 6.42 Å². The molecule has 2 N–H and O–H groups in total. The summed E-state index contributed by atoms with van der Waals surface area (Å²) in [6.45, 7) is 0.574. The molecule has 0 bridgehead atoms. The number of amides is 1. The molecule has 3 rings (SSSR count). The first-order valence-electron chi connectivity index (χ1n) is 9.34. The molecule has 2 aromatic carbocycles. The molecule has 7 heteroatoms.